The minimum Gasteiger partial charge on any atom is -0.495 e. The van der Waals surface area contributed by atoms with E-state index in [1.807, 2.05) is 16.7 Å². The molecular weight excluding hydrogens is 390 g/mol. The summed E-state index contributed by atoms with van der Waals surface area (Å²) in [5, 5.41) is 19.7. The topological polar surface area (TPSA) is 80.2 Å². The van der Waals surface area contributed by atoms with Gasteiger partial charge in [0.05, 0.1) is 47.4 Å². The molecule has 1 aromatic heterocycles. The summed E-state index contributed by atoms with van der Waals surface area (Å²) >= 11 is 6.26. The average molecular weight is 412 g/mol. The third-order valence-corrected chi connectivity index (χ3v) is 5.98. The minimum absolute atomic E-state index is 0.0436. The van der Waals surface area contributed by atoms with Crippen LogP contribution in [0.25, 0.3) is 11.0 Å². The van der Waals surface area contributed by atoms with Crippen LogP contribution in [-0.4, -0.2) is 27.5 Å². The number of nitriles is 1. The molecule has 2 aromatic carbocycles. The molecule has 1 heterocycles. The van der Waals surface area contributed by atoms with Gasteiger partial charge in [-0.3, -0.25) is 9.13 Å². The molecule has 3 aromatic rings. The molecule has 0 unspecified atom stereocenters. The van der Waals surface area contributed by atoms with Crippen molar-refractivity contribution in [3.63, 3.8) is 0 Å². The van der Waals surface area contributed by atoms with E-state index in [0.717, 1.165) is 29.4 Å². The highest BCUT2D eigenvalue weighted by Crippen LogP contribution is 2.31. The number of aliphatic hydroxyl groups is 1. The Labute approximate surface area is 173 Å². The molecule has 150 valence electrons. The Hall–Kier alpha value is -2.75. The summed E-state index contributed by atoms with van der Waals surface area (Å²) < 4.78 is 8.73. The molecule has 1 aliphatic carbocycles. The Kier molecular flexibility index (Phi) is 5.35. The second-order valence-corrected chi connectivity index (χ2v) is 7.89. The summed E-state index contributed by atoms with van der Waals surface area (Å²) in [6, 6.07) is 13.0. The van der Waals surface area contributed by atoms with Crippen molar-refractivity contribution in [3.05, 3.63) is 63.0 Å². The van der Waals surface area contributed by atoms with Gasteiger partial charge in [0, 0.05) is 6.04 Å². The maximum atomic E-state index is 13.4. The van der Waals surface area contributed by atoms with Crippen molar-refractivity contribution in [1.29, 1.82) is 5.26 Å². The van der Waals surface area contributed by atoms with Crippen LogP contribution in [0.4, 0.5) is 0 Å². The fourth-order valence-electron chi connectivity index (χ4n) is 4.16. The second-order valence-electron chi connectivity index (χ2n) is 7.49. The highest BCUT2D eigenvalue weighted by atomic mass is 35.5. The van der Waals surface area contributed by atoms with Crippen LogP contribution in [0.2, 0.25) is 5.02 Å². The number of ether oxygens (including phenoxy) is 1. The first-order chi connectivity index (χ1) is 14.0. The molecule has 0 radical (unpaired) electrons. The van der Waals surface area contributed by atoms with E-state index in [4.69, 9.17) is 16.3 Å². The maximum Gasteiger partial charge on any atom is 0.329 e. The minimum atomic E-state index is -0.290. The lowest BCUT2D eigenvalue weighted by Gasteiger charge is -2.26. The predicted molar refractivity (Wildman–Crippen MR) is 112 cm³/mol. The van der Waals surface area contributed by atoms with Crippen molar-refractivity contribution in [2.45, 2.75) is 44.4 Å². The first-order valence-corrected chi connectivity index (χ1v) is 10.0. The summed E-state index contributed by atoms with van der Waals surface area (Å²) in [4.78, 5) is 13.4. The fourth-order valence-corrected chi connectivity index (χ4v) is 4.44. The molecule has 0 spiro atoms. The van der Waals surface area contributed by atoms with Gasteiger partial charge in [-0.05, 0) is 61.6 Å². The van der Waals surface area contributed by atoms with Crippen LogP contribution in [0.15, 0.2) is 41.2 Å². The number of aliphatic hydroxyl groups excluding tert-OH is 1. The van der Waals surface area contributed by atoms with Gasteiger partial charge in [0.25, 0.3) is 0 Å². The molecular formula is C22H22ClN3O3. The van der Waals surface area contributed by atoms with E-state index in [2.05, 4.69) is 6.07 Å². The number of fused-ring (bicyclic) bond motifs is 1. The van der Waals surface area contributed by atoms with Crippen LogP contribution in [-0.2, 0) is 6.54 Å². The van der Waals surface area contributed by atoms with Crippen LogP contribution in [0, 0.1) is 11.3 Å². The summed E-state index contributed by atoms with van der Waals surface area (Å²) in [6.07, 6.45) is 2.60. The lowest BCUT2D eigenvalue weighted by Crippen LogP contribution is -2.31. The van der Waals surface area contributed by atoms with Gasteiger partial charge < -0.3 is 9.84 Å². The summed E-state index contributed by atoms with van der Waals surface area (Å²) in [7, 11) is 1.56. The van der Waals surface area contributed by atoms with Gasteiger partial charge in [-0.25, -0.2) is 4.79 Å². The zero-order chi connectivity index (χ0) is 20.5. The number of imidazole rings is 1. The Balaban J connectivity index is 1.82. The normalized spacial score (nSPS) is 19.2. The molecule has 0 amide bonds. The lowest BCUT2D eigenvalue weighted by molar-refractivity contribution is 0.110. The van der Waals surface area contributed by atoms with Gasteiger partial charge in [0.15, 0.2) is 0 Å². The Morgan fingerprint density at radius 1 is 1.17 bits per heavy atom. The van der Waals surface area contributed by atoms with Crippen molar-refractivity contribution in [3.8, 4) is 11.8 Å². The zero-order valence-corrected chi connectivity index (χ0v) is 16.9. The maximum absolute atomic E-state index is 13.4. The number of nitrogens with zero attached hydrogens (tertiary/aromatic N) is 3. The Morgan fingerprint density at radius 2 is 1.93 bits per heavy atom. The molecule has 0 atom stereocenters. The molecule has 29 heavy (non-hydrogen) atoms. The van der Waals surface area contributed by atoms with E-state index in [1.165, 1.54) is 0 Å². The highest BCUT2D eigenvalue weighted by molar-refractivity contribution is 6.32. The molecule has 0 bridgehead atoms. The van der Waals surface area contributed by atoms with Crippen LogP contribution in [0.3, 0.4) is 0 Å². The second kappa shape index (κ2) is 7.94. The number of hydrogen-bond donors (Lipinski definition) is 1. The van der Waals surface area contributed by atoms with Crippen LogP contribution < -0.4 is 10.4 Å². The van der Waals surface area contributed by atoms with Gasteiger partial charge in [0.2, 0.25) is 0 Å². The number of rotatable bonds is 4. The average Bonchev–Trinajstić information content (AvgIpc) is 3.00. The molecule has 1 N–H and O–H groups in total. The Morgan fingerprint density at radius 3 is 2.59 bits per heavy atom. The Bertz CT molecular complexity index is 1150. The molecule has 0 aliphatic heterocycles. The quantitative estimate of drug-likeness (QED) is 0.706. The van der Waals surface area contributed by atoms with Crippen LogP contribution in [0.5, 0.6) is 5.75 Å². The first kappa shape index (κ1) is 19.6. The summed E-state index contributed by atoms with van der Waals surface area (Å²) in [5.41, 5.74) is 2.82. The number of aromatic nitrogens is 2. The predicted octanol–water partition coefficient (Wildman–Crippen LogP) is 3.86. The first-order valence-electron chi connectivity index (χ1n) is 9.67. The van der Waals surface area contributed by atoms with E-state index >= 15 is 0 Å². The lowest BCUT2D eigenvalue weighted by atomic mass is 9.93. The van der Waals surface area contributed by atoms with Gasteiger partial charge in [-0.1, -0.05) is 17.7 Å². The van der Waals surface area contributed by atoms with E-state index in [-0.39, 0.29) is 17.8 Å². The number of methoxy groups -OCH3 is 1. The monoisotopic (exact) mass is 411 g/mol. The van der Waals surface area contributed by atoms with Gasteiger partial charge >= 0.3 is 5.69 Å². The highest BCUT2D eigenvalue weighted by Gasteiger charge is 2.25. The molecule has 1 fully saturated rings. The van der Waals surface area contributed by atoms with Crippen molar-refractivity contribution in [2.75, 3.05) is 7.11 Å². The SMILES string of the molecule is COc1ccc(Cn2c(=O)n([C@H]3CC[C@@H](O)CC3)c3ccc(C#N)cc32)cc1Cl. The molecule has 0 saturated heterocycles. The third-order valence-electron chi connectivity index (χ3n) is 5.68. The summed E-state index contributed by atoms with van der Waals surface area (Å²) in [5.74, 6) is 0.581. The van der Waals surface area contributed by atoms with Gasteiger partial charge in [-0.15, -0.1) is 0 Å². The van der Waals surface area contributed by atoms with Crippen molar-refractivity contribution in [2.24, 2.45) is 0 Å². The molecule has 4 rings (SSSR count). The van der Waals surface area contributed by atoms with Crippen LogP contribution in [0.1, 0.15) is 42.9 Å². The molecule has 7 heteroatoms. The van der Waals surface area contributed by atoms with Crippen molar-refractivity contribution in [1.82, 2.24) is 9.13 Å². The molecule has 1 aliphatic rings. The third kappa shape index (κ3) is 3.64. The van der Waals surface area contributed by atoms with E-state index in [1.54, 1.807) is 35.9 Å². The number of hydrogen-bond acceptors (Lipinski definition) is 4. The molecule has 6 nitrogen and oxygen atoms in total. The van der Waals surface area contributed by atoms with Crippen molar-refractivity contribution >= 4 is 22.6 Å². The number of halogens is 1. The van der Waals surface area contributed by atoms with Gasteiger partial charge in [-0.2, -0.15) is 5.26 Å². The molecule has 1 saturated carbocycles. The van der Waals surface area contributed by atoms with E-state index in [0.29, 0.717) is 35.7 Å². The zero-order valence-electron chi connectivity index (χ0n) is 16.1. The smallest absolute Gasteiger partial charge is 0.329 e. The fraction of sp³-hybridized carbons (Fsp3) is 0.364. The number of benzene rings is 2. The standard InChI is InChI=1S/C22H22ClN3O3/c1-29-21-9-3-15(10-18(21)23)13-25-20-11-14(12-24)2-8-19(20)26(22(25)28)16-4-6-17(27)7-5-16/h2-3,8-11,16-17,27H,4-7,13H2,1H3/t16-,17+. The largest absolute Gasteiger partial charge is 0.495 e. The van der Waals surface area contributed by atoms with Gasteiger partial charge in [0.1, 0.15) is 5.75 Å². The van der Waals surface area contributed by atoms with E-state index < -0.39 is 0 Å². The van der Waals surface area contributed by atoms with E-state index in [9.17, 15) is 15.2 Å². The summed E-state index contributed by atoms with van der Waals surface area (Å²) in [6.45, 7) is 0.344. The van der Waals surface area contributed by atoms with Crippen molar-refractivity contribution < 1.29 is 9.84 Å². The van der Waals surface area contributed by atoms with Crippen LogP contribution >= 0.6 is 11.6 Å².